The van der Waals surface area contributed by atoms with E-state index in [-0.39, 0.29) is 31.0 Å². The Balaban J connectivity index is 0.00000264. The molecule has 0 radical (unpaired) electrons. The fourth-order valence-corrected chi connectivity index (χ4v) is 2.52. The van der Waals surface area contributed by atoms with Crippen molar-refractivity contribution in [2.75, 3.05) is 13.2 Å². The molecule has 1 unspecified atom stereocenters. The van der Waals surface area contributed by atoms with Gasteiger partial charge in [-0.2, -0.15) is 0 Å². The van der Waals surface area contributed by atoms with Crippen molar-refractivity contribution in [2.24, 2.45) is 11.7 Å². The van der Waals surface area contributed by atoms with Crippen LogP contribution in [-0.4, -0.2) is 25.1 Å². The lowest BCUT2D eigenvalue weighted by Crippen LogP contribution is -2.43. The van der Waals surface area contributed by atoms with Gasteiger partial charge in [-0.15, -0.1) is 12.4 Å². The normalized spacial score (nSPS) is 11.8. The summed E-state index contributed by atoms with van der Waals surface area (Å²) in [5, 5.41) is 5.03. The first-order valence-corrected chi connectivity index (χ1v) is 7.70. The van der Waals surface area contributed by atoms with Crippen molar-refractivity contribution in [3.8, 4) is 5.75 Å². The number of hydrogen-bond donors (Lipinski definition) is 2. The fourth-order valence-electron chi connectivity index (χ4n) is 2.52. The number of ether oxygens (including phenoxy) is 1. The van der Waals surface area contributed by atoms with Gasteiger partial charge in [-0.1, -0.05) is 50.2 Å². The van der Waals surface area contributed by atoms with Crippen molar-refractivity contribution in [3.63, 3.8) is 0 Å². The van der Waals surface area contributed by atoms with Crippen molar-refractivity contribution in [1.82, 2.24) is 5.32 Å². The summed E-state index contributed by atoms with van der Waals surface area (Å²) in [7, 11) is 0. The van der Waals surface area contributed by atoms with Crippen molar-refractivity contribution in [3.05, 3.63) is 42.5 Å². The van der Waals surface area contributed by atoms with Gasteiger partial charge in [0.2, 0.25) is 0 Å². The van der Waals surface area contributed by atoms with Crippen LogP contribution in [0.1, 0.15) is 20.3 Å². The summed E-state index contributed by atoms with van der Waals surface area (Å²) < 4.78 is 5.68. The van der Waals surface area contributed by atoms with Crippen LogP contribution in [0, 0.1) is 5.92 Å². The molecule has 0 saturated carbocycles. The Bertz CT molecular complexity index is 626. The topological polar surface area (TPSA) is 64.3 Å². The molecule has 2 aromatic carbocycles. The summed E-state index contributed by atoms with van der Waals surface area (Å²) in [6.07, 6.45) is 0.872. The van der Waals surface area contributed by atoms with E-state index >= 15 is 0 Å². The monoisotopic (exact) mass is 336 g/mol. The lowest BCUT2D eigenvalue weighted by Gasteiger charge is -2.19. The molecule has 0 spiro atoms. The number of carbonyl (C=O) groups excluding carboxylic acids is 1. The van der Waals surface area contributed by atoms with Crippen LogP contribution < -0.4 is 15.8 Å². The molecule has 0 saturated heterocycles. The third kappa shape index (κ3) is 5.73. The number of carbonyl (C=O) groups is 1. The van der Waals surface area contributed by atoms with Crippen LogP contribution in [0.3, 0.4) is 0 Å². The SMILES string of the molecule is CC(C)CC(CN)NC(=O)COc1cccc2ccccc12.Cl. The zero-order valence-electron chi connectivity index (χ0n) is 13.6. The summed E-state index contributed by atoms with van der Waals surface area (Å²) in [5.41, 5.74) is 5.70. The quantitative estimate of drug-likeness (QED) is 0.816. The molecule has 0 aliphatic heterocycles. The Morgan fingerprint density at radius 3 is 2.57 bits per heavy atom. The zero-order valence-corrected chi connectivity index (χ0v) is 14.4. The summed E-state index contributed by atoms with van der Waals surface area (Å²) in [5.74, 6) is 1.08. The first-order valence-electron chi connectivity index (χ1n) is 7.70. The van der Waals surface area contributed by atoms with Crippen LogP contribution in [0.4, 0.5) is 0 Å². The minimum atomic E-state index is -0.135. The van der Waals surface area contributed by atoms with E-state index in [0.29, 0.717) is 12.5 Å². The Labute approximate surface area is 143 Å². The van der Waals surface area contributed by atoms with E-state index in [1.807, 2.05) is 42.5 Å². The lowest BCUT2D eigenvalue weighted by atomic mass is 10.0. The molecule has 4 nitrogen and oxygen atoms in total. The Kier molecular flexibility index (Phi) is 7.86. The van der Waals surface area contributed by atoms with Gasteiger partial charge in [-0.05, 0) is 23.8 Å². The van der Waals surface area contributed by atoms with Crippen LogP contribution in [0.2, 0.25) is 0 Å². The van der Waals surface area contributed by atoms with Gasteiger partial charge in [0.1, 0.15) is 5.75 Å². The van der Waals surface area contributed by atoms with Crippen LogP contribution >= 0.6 is 12.4 Å². The molecule has 0 aliphatic rings. The molecule has 0 aromatic heterocycles. The highest BCUT2D eigenvalue weighted by atomic mass is 35.5. The number of halogens is 1. The Morgan fingerprint density at radius 1 is 1.17 bits per heavy atom. The largest absolute Gasteiger partial charge is 0.483 e. The molecular weight excluding hydrogens is 312 g/mol. The second kappa shape index (κ2) is 9.38. The van der Waals surface area contributed by atoms with Gasteiger partial charge in [0.15, 0.2) is 6.61 Å². The highest BCUT2D eigenvalue weighted by Gasteiger charge is 2.13. The zero-order chi connectivity index (χ0) is 15.9. The molecular formula is C18H25ClN2O2. The number of nitrogens with two attached hydrogens (primary N) is 1. The molecule has 5 heteroatoms. The van der Waals surface area contributed by atoms with Crippen LogP contribution in [0.5, 0.6) is 5.75 Å². The Hall–Kier alpha value is -1.78. The summed E-state index contributed by atoms with van der Waals surface area (Å²) in [6.45, 7) is 4.67. The third-order valence-electron chi connectivity index (χ3n) is 3.51. The van der Waals surface area contributed by atoms with Crippen molar-refractivity contribution < 1.29 is 9.53 Å². The molecule has 2 aromatic rings. The smallest absolute Gasteiger partial charge is 0.258 e. The molecule has 3 N–H and O–H groups in total. The maximum absolute atomic E-state index is 12.0. The minimum absolute atomic E-state index is 0. The van der Waals surface area contributed by atoms with E-state index < -0.39 is 0 Å². The van der Waals surface area contributed by atoms with Gasteiger partial charge >= 0.3 is 0 Å². The van der Waals surface area contributed by atoms with Gasteiger partial charge in [0, 0.05) is 18.0 Å². The summed E-state index contributed by atoms with van der Waals surface area (Å²) in [6, 6.07) is 13.8. The van der Waals surface area contributed by atoms with Gasteiger partial charge < -0.3 is 15.8 Å². The molecule has 1 amide bonds. The Morgan fingerprint density at radius 2 is 1.87 bits per heavy atom. The van der Waals surface area contributed by atoms with Crippen LogP contribution in [-0.2, 0) is 4.79 Å². The van der Waals surface area contributed by atoms with Crippen LogP contribution in [0.25, 0.3) is 10.8 Å². The fraction of sp³-hybridized carbons (Fsp3) is 0.389. The number of fused-ring (bicyclic) bond motifs is 1. The van der Waals surface area contributed by atoms with Crippen molar-refractivity contribution in [2.45, 2.75) is 26.3 Å². The van der Waals surface area contributed by atoms with Crippen molar-refractivity contribution in [1.29, 1.82) is 0 Å². The maximum Gasteiger partial charge on any atom is 0.258 e. The molecule has 126 valence electrons. The summed E-state index contributed by atoms with van der Waals surface area (Å²) in [4.78, 5) is 12.0. The maximum atomic E-state index is 12.0. The van der Waals surface area contributed by atoms with E-state index in [2.05, 4.69) is 19.2 Å². The molecule has 0 fully saturated rings. The lowest BCUT2D eigenvalue weighted by molar-refractivity contribution is -0.123. The highest BCUT2D eigenvalue weighted by molar-refractivity contribution is 5.88. The predicted molar refractivity (Wildman–Crippen MR) is 97.1 cm³/mol. The highest BCUT2D eigenvalue weighted by Crippen LogP contribution is 2.24. The van der Waals surface area contributed by atoms with E-state index in [0.717, 1.165) is 22.9 Å². The van der Waals surface area contributed by atoms with Crippen LogP contribution in [0.15, 0.2) is 42.5 Å². The van der Waals surface area contributed by atoms with E-state index in [9.17, 15) is 4.79 Å². The number of hydrogen-bond acceptors (Lipinski definition) is 3. The first-order chi connectivity index (χ1) is 10.6. The molecule has 0 bridgehead atoms. The summed E-state index contributed by atoms with van der Waals surface area (Å²) >= 11 is 0. The van der Waals surface area contributed by atoms with E-state index in [1.54, 1.807) is 0 Å². The average molecular weight is 337 g/mol. The van der Waals surface area contributed by atoms with Gasteiger partial charge in [-0.25, -0.2) is 0 Å². The molecule has 0 aliphatic carbocycles. The molecule has 2 rings (SSSR count). The number of nitrogens with one attached hydrogen (secondary N) is 1. The van der Waals surface area contributed by atoms with E-state index in [4.69, 9.17) is 10.5 Å². The molecule has 0 heterocycles. The minimum Gasteiger partial charge on any atom is -0.483 e. The van der Waals surface area contributed by atoms with Gasteiger partial charge in [0.25, 0.3) is 5.91 Å². The van der Waals surface area contributed by atoms with E-state index in [1.165, 1.54) is 0 Å². The van der Waals surface area contributed by atoms with Crippen molar-refractivity contribution >= 4 is 29.1 Å². The molecule has 1 atom stereocenters. The average Bonchev–Trinajstić information content (AvgIpc) is 2.51. The predicted octanol–water partition coefficient (Wildman–Crippen LogP) is 3.13. The first kappa shape index (κ1) is 19.3. The second-order valence-corrected chi connectivity index (χ2v) is 5.90. The standard InChI is InChI=1S/C18H24N2O2.ClH/c1-13(2)10-15(11-19)20-18(21)12-22-17-9-5-7-14-6-3-4-8-16(14)17;/h3-9,13,15H,10-12,19H2,1-2H3,(H,20,21);1H. The number of amides is 1. The molecule has 23 heavy (non-hydrogen) atoms. The number of rotatable bonds is 7. The third-order valence-corrected chi connectivity index (χ3v) is 3.51. The number of benzene rings is 2. The second-order valence-electron chi connectivity index (χ2n) is 5.90. The van der Waals surface area contributed by atoms with Gasteiger partial charge in [-0.3, -0.25) is 4.79 Å². The van der Waals surface area contributed by atoms with Gasteiger partial charge in [0.05, 0.1) is 0 Å².